The van der Waals surface area contributed by atoms with Crippen molar-refractivity contribution in [3.63, 3.8) is 0 Å². The van der Waals surface area contributed by atoms with Gasteiger partial charge in [0.1, 0.15) is 0 Å². The Morgan fingerprint density at radius 3 is 2.52 bits per heavy atom. The average molecular weight is 292 g/mol. The number of allylic oxidation sites excluding steroid dienone is 2. The van der Waals surface area contributed by atoms with Gasteiger partial charge in [0.25, 0.3) is 17.7 Å². The number of hydroxylamine groups is 2. The monoisotopic (exact) mass is 292 g/mol. The van der Waals surface area contributed by atoms with Crippen LogP contribution in [0, 0.1) is 0 Å². The van der Waals surface area contributed by atoms with E-state index in [9.17, 15) is 19.2 Å². The Bertz CT molecular complexity index is 532. The molecule has 7 nitrogen and oxygen atoms in total. The Labute approximate surface area is 121 Å². The van der Waals surface area contributed by atoms with Crippen LogP contribution in [0.25, 0.3) is 0 Å². The Morgan fingerprint density at radius 2 is 1.90 bits per heavy atom. The minimum Gasteiger partial charge on any atom is -0.333 e. The van der Waals surface area contributed by atoms with Gasteiger partial charge in [0.05, 0.1) is 12.1 Å². The van der Waals surface area contributed by atoms with Crippen LogP contribution in [0.3, 0.4) is 0 Å². The van der Waals surface area contributed by atoms with Gasteiger partial charge < -0.3 is 4.84 Å². The van der Waals surface area contributed by atoms with E-state index in [2.05, 4.69) is 0 Å². The number of imide groups is 1. The number of carbonyl (C=O) groups excluding carboxylic acids is 4. The van der Waals surface area contributed by atoms with Crippen LogP contribution in [0.2, 0.25) is 0 Å². The molecular weight excluding hydrogens is 276 g/mol. The van der Waals surface area contributed by atoms with Crippen molar-refractivity contribution in [3.05, 3.63) is 23.9 Å². The first-order valence-electron chi connectivity index (χ1n) is 6.79. The van der Waals surface area contributed by atoms with E-state index in [1.807, 2.05) is 13.0 Å². The predicted octanol–water partition coefficient (Wildman–Crippen LogP) is 0.676. The maximum absolute atomic E-state index is 11.8. The first-order valence-corrected chi connectivity index (χ1v) is 6.79. The van der Waals surface area contributed by atoms with Crippen LogP contribution in [0.15, 0.2) is 23.9 Å². The van der Waals surface area contributed by atoms with Gasteiger partial charge in [-0.1, -0.05) is 13.0 Å². The number of rotatable bonds is 5. The van der Waals surface area contributed by atoms with E-state index in [0.717, 1.165) is 28.5 Å². The molecule has 2 rings (SSSR count). The fourth-order valence-corrected chi connectivity index (χ4v) is 2.13. The zero-order valence-corrected chi connectivity index (χ0v) is 11.7. The summed E-state index contributed by atoms with van der Waals surface area (Å²) in [5.41, 5.74) is 0.672. The van der Waals surface area contributed by atoms with Crippen LogP contribution >= 0.6 is 0 Å². The number of nitrogens with zero attached hydrogens (tertiary/aromatic N) is 2. The molecular formula is C14H16N2O5. The molecule has 0 aromatic carbocycles. The topological polar surface area (TPSA) is 84.0 Å². The van der Waals surface area contributed by atoms with Gasteiger partial charge in [-0.3, -0.25) is 19.3 Å². The molecule has 0 bridgehead atoms. The highest BCUT2D eigenvalue weighted by molar-refractivity contribution is 6.13. The molecule has 2 heterocycles. The van der Waals surface area contributed by atoms with Crippen LogP contribution < -0.4 is 0 Å². The summed E-state index contributed by atoms with van der Waals surface area (Å²) in [5.74, 6) is -1.81. The SMILES string of the molecule is CC/C=C1\CCC(=O)N1OC(=O)CCN1C(=O)C=CC1=O. The second kappa shape index (κ2) is 6.34. The molecule has 0 saturated carbocycles. The molecule has 2 aliphatic heterocycles. The minimum atomic E-state index is -0.653. The molecule has 0 spiro atoms. The Hall–Kier alpha value is -2.44. The molecule has 0 atom stereocenters. The maximum atomic E-state index is 11.8. The molecule has 21 heavy (non-hydrogen) atoms. The van der Waals surface area contributed by atoms with Crippen LogP contribution in [-0.4, -0.2) is 40.2 Å². The van der Waals surface area contributed by atoms with Crippen LogP contribution in [0.5, 0.6) is 0 Å². The van der Waals surface area contributed by atoms with E-state index in [1.165, 1.54) is 0 Å². The zero-order valence-electron chi connectivity index (χ0n) is 11.7. The molecule has 0 aromatic heterocycles. The van der Waals surface area contributed by atoms with E-state index in [-0.39, 0.29) is 18.9 Å². The van der Waals surface area contributed by atoms with Gasteiger partial charge in [0.2, 0.25) is 0 Å². The average Bonchev–Trinajstić information content (AvgIpc) is 2.94. The Kier molecular flexibility index (Phi) is 4.52. The quantitative estimate of drug-likeness (QED) is 0.696. The molecule has 2 aliphatic rings. The van der Waals surface area contributed by atoms with Crippen molar-refractivity contribution in [1.29, 1.82) is 0 Å². The summed E-state index contributed by atoms with van der Waals surface area (Å²) in [6.45, 7) is 1.87. The molecule has 1 fully saturated rings. The second-order valence-corrected chi connectivity index (χ2v) is 4.67. The number of amides is 3. The smallest absolute Gasteiger partial charge is 0.333 e. The van der Waals surface area contributed by atoms with Crippen molar-refractivity contribution in [3.8, 4) is 0 Å². The van der Waals surface area contributed by atoms with Crippen molar-refractivity contribution < 1.29 is 24.0 Å². The van der Waals surface area contributed by atoms with E-state index in [0.29, 0.717) is 18.5 Å². The molecule has 112 valence electrons. The van der Waals surface area contributed by atoms with Crippen molar-refractivity contribution in [2.45, 2.75) is 32.6 Å². The summed E-state index contributed by atoms with van der Waals surface area (Å²) >= 11 is 0. The molecule has 0 aliphatic carbocycles. The van der Waals surface area contributed by atoms with Crippen molar-refractivity contribution in [1.82, 2.24) is 9.96 Å². The highest BCUT2D eigenvalue weighted by atomic mass is 16.7. The third kappa shape index (κ3) is 3.36. The van der Waals surface area contributed by atoms with Crippen LogP contribution in [0.4, 0.5) is 0 Å². The zero-order chi connectivity index (χ0) is 15.4. The lowest BCUT2D eigenvalue weighted by Crippen LogP contribution is -2.34. The molecule has 0 aromatic rings. The van der Waals surface area contributed by atoms with E-state index >= 15 is 0 Å². The molecule has 0 unspecified atom stereocenters. The number of hydrogen-bond acceptors (Lipinski definition) is 5. The van der Waals surface area contributed by atoms with Gasteiger partial charge in [-0.05, 0) is 12.8 Å². The maximum Gasteiger partial charge on any atom is 0.334 e. The van der Waals surface area contributed by atoms with Gasteiger partial charge in [-0.15, -0.1) is 5.06 Å². The van der Waals surface area contributed by atoms with Crippen LogP contribution in [0.1, 0.15) is 32.6 Å². The number of hydrogen-bond donors (Lipinski definition) is 0. The number of carbonyl (C=O) groups is 4. The molecule has 3 amide bonds. The Balaban J connectivity index is 1.87. The summed E-state index contributed by atoms with van der Waals surface area (Å²) in [7, 11) is 0. The molecule has 0 radical (unpaired) electrons. The fourth-order valence-electron chi connectivity index (χ4n) is 2.13. The largest absolute Gasteiger partial charge is 0.334 e. The normalized spacial score (nSPS) is 20.0. The Morgan fingerprint density at radius 1 is 1.24 bits per heavy atom. The summed E-state index contributed by atoms with van der Waals surface area (Å²) in [6, 6.07) is 0. The van der Waals surface area contributed by atoms with E-state index in [4.69, 9.17) is 4.84 Å². The summed E-state index contributed by atoms with van der Waals surface area (Å²) in [4.78, 5) is 52.0. The fraction of sp³-hybridized carbons (Fsp3) is 0.429. The third-order valence-electron chi connectivity index (χ3n) is 3.16. The lowest BCUT2D eigenvalue weighted by Gasteiger charge is -2.18. The van der Waals surface area contributed by atoms with Crippen molar-refractivity contribution >= 4 is 23.7 Å². The summed E-state index contributed by atoms with van der Waals surface area (Å²) in [5, 5.41) is 1.01. The van der Waals surface area contributed by atoms with Gasteiger partial charge >= 0.3 is 5.97 Å². The minimum absolute atomic E-state index is 0.0572. The van der Waals surface area contributed by atoms with Crippen molar-refractivity contribution in [2.75, 3.05) is 6.54 Å². The van der Waals surface area contributed by atoms with Gasteiger partial charge in [-0.25, -0.2) is 4.79 Å². The van der Waals surface area contributed by atoms with Gasteiger partial charge in [-0.2, -0.15) is 0 Å². The first-order chi connectivity index (χ1) is 10.0. The third-order valence-corrected chi connectivity index (χ3v) is 3.16. The van der Waals surface area contributed by atoms with Crippen LogP contribution in [-0.2, 0) is 24.0 Å². The molecule has 1 saturated heterocycles. The van der Waals surface area contributed by atoms with E-state index in [1.54, 1.807) is 0 Å². The first kappa shape index (κ1) is 15.0. The highest BCUT2D eigenvalue weighted by Crippen LogP contribution is 2.23. The summed E-state index contributed by atoms with van der Waals surface area (Å²) in [6.07, 6.45) is 5.58. The van der Waals surface area contributed by atoms with E-state index < -0.39 is 17.8 Å². The summed E-state index contributed by atoms with van der Waals surface area (Å²) < 4.78 is 0. The molecule has 0 N–H and O–H groups in total. The van der Waals surface area contributed by atoms with Gasteiger partial charge in [0.15, 0.2) is 0 Å². The second-order valence-electron chi connectivity index (χ2n) is 4.67. The lowest BCUT2D eigenvalue weighted by molar-refractivity contribution is -0.187. The molecule has 7 heteroatoms. The van der Waals surface area contributed by atoms with Gasteiger partial charge in [0, 0.05) is 25.1 Å². The van der Waals surface area contributed by atoms with Crippen molar-refractivity contribution in [2.24, 2.45) is 0 Å². The lowest BCUT2D eigenvalue weighted by atomic mass is 10.3. The predicted molar refractivity (Wildman–Crippen MR) is 71.0 cm³/mol. The highest BCUT2D eigenvalue weighted by Gasteiger charge is 2.30. The standard InChI is InChI=1S/C14H16N2O5/c1-2-3-10-4-5-13(19)16(10)21-14(20)8-9-15-11(17)6-7-12(15)18/h3,6-7H,2,4-5,8-9H2,1H3/b10-3+.